The number of rotatable bonds is 7. The molecule has 31 heavy (non-hydrogen) atoms. The second-order valence-corrected chi connectivity index (χ2v) is 6.99. The highest BCUT2D eigenvalue weighted by Gasteiger charge is 2.25. The quantitative estimate of drug-likeness (QED) is 0.424. The Balaban J connectivity index is 1.80. The second-order valence-electron chi connectivity index (χ2n) is 6.27. The molecule has 0 fully saturated rings. The third kappa shape index (κ3) is 5.14. The van der Waals surface area contributed by atoms with Crippen molar-refractivity contribution >= 4 is 28.8 Å². The standard InChI is InChI=1S/C20H18N4O6S/c1-12-5-3-4-6-14(12)19(25)22-23-20(26)15-7-17(29-2)18(8-16(15)24(27)28)30-9-13-10-31-11-21-13/h3-8,10-11H,9H2,1-2H3,(H,22,25)(H,23,26). The van der Waals surface area contributed by atoms with E-state index in [9.17, 15) is 19.7 Å². The average molecular weight is 442 g/mol. The number of nitrogens with zero attached hydrogens (tertiary/aromatic N) is 2. The molecule has 1 aromatic heterocycles. The topological polar surface area (TPSA) is 133 Å². The summed E-state index contributed by atoms with van der Waals surface area (Å²) in [6.45, 7) is 1.83. The fraction of sp³-hybridized carbons (Fsp3) is 0.150. The average Bonchev–Trinajstić information content (AvgIpc) is 3.29. The maximum absolute atomic E-state index is 12.6. The SMILES string of the molecule is COc1cc(C(=O)NNC(=O)c2ccccc2C)c([N+](=O)[O-])cc1OCc1cscn1. The molecule has 3 aromatic rings. The second kappa shape index (κ2) is 9.67. The third-order valence-electron chi connectivity index (χ3n) is 4.26. The van der Waals surface area contributed by atoms with E-state index in [2.05, 4.69) is 15.8 Å². The van der Waals surface area contributed by atoms with Crippen LogP contribution in [0.15, 0.2) is 47.3 Å². The first-order valence-electron chi connectivity index (χ1n) is 8.93. The molecule has 1 heterocycles. The number of nitrogens with one attached hydrogen (secondary N) is 2. The summed E-state index contributed by atoms with van der Waals surface area (Å²) in [4.78, 5) is 39.8. The van der Waals surface area contributed by atoms with E-state index in [0.717, 1.165) is 6.07 Å². The van der Waals surface area contributed by atoms with Crippen LogP contribution in [0.2, 0.25) is 0 Å². The van der Waals surface area contributed by atoms with Crippen molar-refractivity contribution in [3.63, 3.8) is 0 Å². The predicted molar refractivity (Wildman–Crippen MR) is 112 cm³/mol. The number of nitro groups is 1. The van der Waals surface area contributed by atoms with Crippen LogP contribution in [-0.2, 0) is 6.61 Å². The van der Waals surface area contributed by atoms with Crippen LogP contribution >= 0.6 is 11.3 Å². The summed E-state index contributed by atoms with van der Waals surface area (Å²) < 4.78 is 10.8. The normalized spacial score (nSPS) is 10.3. The van der Waals surface area contributed by atoms with Crippen molar-refractivity contribution < 1.29 is 24.0 Å². The third-order valence-corrected chi connectivity index (χ3v) is 4.90. The van der Waals surface area contributed by atoms with Crippen LogP contribution in [0.1, 0.15) is 32.0 Å². The molecule has 2 N–H and O–H groups in total. The molecule has 0 aliphatic carbocycles. The van der Waals surface area contributed by atoms with Gasteiger partial charge in [0.05, 0.1) is 29.3 Å². The van der Waals surface area contributed by atoms with Crippen LogP contribution in [0.25, 0.3) is 0 Å². The maximum Gasteiger partial charge on any atom is 0.286 e. The van der Waals surface area contributed by atoms with Crippen molar-refractivity contribution in [2.45, 2.75) is 13.5 Å². The molecule has 0 saturated heterocycles. The van der Waals surface area contributed by atoms with Crippen molar-refractivity contribution in [3.8, 4) is 11.5 Å². The number of benzene rings is 2. The van der Waals surface area contributed by atoms with E-state index in [1.54, 1.807) is 42.1 Å². The van der Waals surface area contributed by atoms with Gasteiger partial charge in [-0.2, -0.15) is 0 Å². The Kier molecular flexibility index (Phi) is 6.78. The predicted octanol–water partition coefficient (Wildman–Crippen LogP) is 3.02. The van der Waals surface area contributed by atoms with Crippen LogP contribution in [0.4, 0.5) is 5.69 Å². The number of aryl methyl sites for hydroxylation is 1. The van der Waals surface area contributed by atoms with Crippen molar-refractivity contribution in [3.05, 3.63) is 79.8 Å². The van der Waals surface area contributed by atoms with Crippen molar-refractivity contribution in [2.75, 3.05) is 7.11 Å². The zero-order valence-corrected chi connectivity index (χ0v) is 17.4. The van der Waals surface area contributed by atoms with Crippen LogP contribution in [0, 0.1) is 17.0 Å². The van der Waals surface area contributed by atoms with Gasteiger partial charge < -0.3 is 9.47 Å². The summed E-state index contributed by atoms with van der Waals surface area (Å²) in [5.41, 5.74) is 7.01. The van der Waals surface area contributed by atoms with Crippen LogP contribution in [0.3, 0.4) is 0 Å². The molecule has 0 atom stereocenters. The fourth-order valence-corrected chi connectivity index (χ4v) is 3.23. The molecule has 160 valence electrons. The first-order chi connectivity index (χ1) is 14.9. The first-order valence-corrected chi connectivity index (χ1v) is 9.87. The Hall–Kier alpha value is -3.99. The summed E-state index contributed by atoms with van der Waals surface area (Å²) in [6, 6.07) is 9.09. The van der Waals surface area contributed by atoms with Crippen molar-refractivity contribution in [1.29, 1.82) is 0 Å². The van der Waals surface area contributed by atoms with Gasteiger partial charge in [0, 0.05) is 17.0 Å². The number of nitro benzene ring substituents is 1. The largest absolute Gasteiger partial charge is 0.493 e. The lowest BCUT2D eigenvalue weighted by molar-refractivity contribution is -0.385. The summed E-state index contributed by atoms with van der Waals surface area (Å²) in [6.07, 6.45) is 0. The lowest BCUT2D eigenvalue weighted by Gasteiger charge is -2.13. The van der Waals surface area contributed by atoms with Crippen LogP contribution in [-0.4, -0.2) is 28.8 Å². The van der Waals surface area contributed by atoms with E-state index in [1.807, 2.05) is 0 Å². The van der Waals surface area contributed by atoms with Gasteiger partial charge in [-0.25, -0.2) is 4.98 Å². The number of methoxy groups -OCH3 is 1. The zero-order chi connectivity index (χ0) is 22.4. The van der Waals surface area contributed by atoms with Gasteiger partial charge in [0.1, 0.15) is 12.2 Å². The van der Waals surface area contributed by atoms with Crippen molar-refractivity contribution in [1.82, 2.24) is 15.8 Å². The van der Waals surface area contributed by atoms with Gasteiger partial charge in [-0.1, -0.05) is 18.2 Å². The van der Waals surface area contributed by atoms with E-state index in [4.69, 9.17) is 9.47 Å². The Bertz CT molecular complexity index is 1120. The molecule has 0 aliphatic heterocycles. The molecule has 0 radical (unpaired) electrons. The number of hydrazine groups is 1. The van der Waals surface area contributed by atoms with Gasteiger partial charge >= 0.3 is 0 Å². The molecule has 11 heteroatoms. The summed E-state index contributed by atoms with van der Waals surface area (Å²) in [5.74, 6) is -1.22. The maximum atomic E-state index is 12.6. The van der Waals surface area contributed by atoms with E-state index in [-0.39, 0.29) is 23.7 Å². The number of ether oxygens (including phenoxy) is 2. The number of carbonyl (C=O) groups is 2. The van der Waals surface area contributed by atoms with Crippen LogP contribution in [0.5, 0.6) is 11.5 Å². The summed E-state index contributed by atoms with van der Waals surface area (Å²) in [5, 5.41) is 13.3. The van der Waals surface area contributed by atoms with Gasteiger partial charge in [0.2, 0.25) is 0 Å². The molecule has 10 nitrogen and oxygen atoms in total. The molecule has 0 bridgehead atoms. The minimum Gasteiger partial charge on any atom is -0.493 e. The highest BCUT2D eigenvalue weighted by atomic mass is 32.1. The van der Waals surface area contributed by atoms with Crippen molar-refractivity contribution in [2.24, 2.45) is 0 Å². The van der Waals surface area contributed by atoms with E-state index >= 15 is 0 Å². The first kappa shape index (κ1) is 21.7. The number of aromatic nitrogens is 1. The lowest BCUT2D eigenvalue weighted by atomic mass is 10.1. The van der Waals surface area contributed by atoms with Gasteiger partial charge in [0.25, 0.3) is 17.5 Å². The number of hydrogen-bond acceptors (Lipinski definition) is 8. The number of hydrogen-bond donors (Lipinski definition) is 2. The highest BCUT2D eigenvalue weighted by molar-refractivity contribution is 7.07. The highest BCUT2D eigenvalue weighted by Crippen LogP contribution is 2.35. The molecule has 2 aromatic carbocycles. The summed E-state index contributed by atoms with van der Waals surface area (Å²) in [7, 11) is 1.35. The van der Waals surface area contributed by atoms with E-state index in [0.29, 0.717) is 16.8 Å². The Morgan fingerprint density at radius 3 is 2.45 bits per heavy atom. The minimum atomic E-state index is -0.877. The molecule has 0 saturated carbocycles. The Labute approximate surface area is 181 Å². The van der Waals surface area contributed by atoms with Gasteiger partial charge in [-0.15, -0.1) is 11.3 Å². The van der Waals surface area contributed by atoms with Gasteiger partial charge in [-0.3, -0.25) is 30.6 Å². The smallest absolute Gasteiger partial charge is 0.286 e. The molecule has 0 spiro atoms. The van der Waals surface area contributed by atoms with Gasteiger partial charge in [0.15, 0.2) is 11.5 Å². The van der Waals surface area contributed by atoms with E-state index < -0.39 is 22.4 Å². The molecule has 3 rings (SSSR count). The molecular weight excluding hydrogens is 424 g/mol. The van der Waals surface area contributed by atoms with Gasteiger partial charge in [-0.05, 0) is 18.6 Å². The monoisotopic (exact) mass is 442 g/mol. The fourth-order valence-electron chi connectivity index (χ4n) is 2.69. The van der Waals surface area contributed by atoms with E-state index in [1.165, 1.54) is 24.5 Å². The summed E-state index contributed by atoms with van der Waals surface area (Å²) >= 11 is 1.39. The Morgan fingerprint density at radius 2 is 1.84 bits per heavy atom. The van der Waals surface area contributed by atoms with Crippen LogP contribution < -0.4 is 20.3 Å². The lowest BCUT2D eigenvalue weighted by Crippen LogP contribution is -2.42. The number of carbonyl (C=O) groups excluding carboxylic acids is 2. The zero-order valence-electron chi connectivity index (χ0n) is 16.6. The number of amides is 2. The Morgan fingerprint density at radius 1 is 1.13 bits per heavy atom. The molecule has 0 unspecified atom stereocenters. The number of thiazole rings is 1. The molecule has 0 aliphatic rings. The minimum absolute atomic E-state index is 0.0784. The molecular formula is C20H18N4O6S. The molecule has 2 amide bonds.